The van der Waals surface area contributed by atoms with Gasteiger partial charge in [-0.15, -0.1) is 0 Å². The van der Waals surface area contributed by atoms with Crippen LogP contribution in [0.5, 0.6) is 5.88 Å². The molecule has 3 aromatic carbocycles. The molecular weight excluding hydrogens is 398 g/mol. The standard InChI is InChI=1S/C22H15N5O4/c28-19-15(11-23-13-8-9-16-17(10-13)25-21(30)24-16)20(29)27(22(31)26-19)18-7-3-5-12-4-1-2-6-14(12)18/h1-11,29H,(H2,24,25,30)(H,26,28,31). The molecule has 31 heavy (non-hydrogen) atoms. The summed E-state index contributed by atoms with van der Waals surface area (Å²) in [6, 6.07) is 17.7. The number of aromatic hydroxyl groups is 1. The molecule has 0 saturated carbocycles. The predicted molar refractivity (Wildman–Crippen MR) is 118 cm³/mol. The first-order chi connectivity index (χ1) is 15.0. The van der Waals surface area contributed by atoms with Crippen molar-refractivity contribution in [1.29, 1.82) is 0 Å². The number of aromatic nitrogens is 4. The molecule has 0 saturated heterocycles. The zero-order chi connectivity index (χ0) is 21.5. The van der Waals surface area contributed by atoms with Crippen LogP contribution in [0.3, 0.4) is 0 Å². The van der Waals surface area contributed by atoms with Gasteiger partial charge in [0.25, 0.3) is 5.56 Å². The van der Waals surface area contributed by atoms with E-state index in [9.17, 15) is 19.5 Å². The number of fused-ring (bicyclic) bond motifs is 2. The fraction of sp³-hybridized carbons (Fsp3) is 0. The normalized spacial score (nSPS) is 11.6. The molecule has 5 aromatic rings. The van der Waals surface area contributed by atoms with E-state index in [1.54, 1.807) is 30.3 Å². The van der Waals surface area contributed by atoms with Crippen molar-refractivity contribution in [1.82, 2.24) is 19.5 Å². The second-order valence-corrected chi connectivity index (χ2v) is 6.90. The SMILES string of the molecule is O=c1[nH]c2ccc(N=Cc3c(O)n(-c4cccc5ccccc45)c(=O)[nH]c3=O)cc2[nH]1. The molecule has 0 unspecified atom stereocenters. The molecule has 9 heteroatoms. The minimum atomic E-state index is -0.765. The number of hydrogen-bond donors (Lipinski definition) is 4. The van der Waals surface area contributed by atoms with Crippen molar-refractivity contribution in [3.8, 4) is 11.6 Å². The summed E-state index contributed by atoms with van der Waals surface area (Å²) in [6.07, 6.45) is 1.18. The summed E-state index contributed by atoms with van der Waals surface area (Å²) in [5.74, 6) is -0.523. The zero-order valence-electron chi connectivity index (χ0n) is 15.9. The van der Waals surface area contributed by atoms with Crippen LogP contribution in [-0.2, 0) is 0 Å². The molecule has 0 amide bonds. The first kappa shape index (κ1) is 18.4. The van der Waals surface area contributed by atoms with Crippen LogP contribution in [-0.4, -0.2) is 30.8 Å². The second-order valence-electron chi connectivity index (χ2n) is 6.90. The van der Waals surface area contributed by atoms with Gasteiger partial charge in [0.1, 0.15) is 5.56 Å². The number of H-pyrrole nitrogens is 3. The monoisotopic (exact) mass is 413 g/mol. The molecule has 0 aliphatic rings. The van der Waals surface area contributed by atoms with Crippen LogP contribution in [0.4, 0.5) is 5.69 Å². The van der Waals surface area contributed by atoms with E-state index >= 15 is 0 Å². The lowest BCUT2D eigenvalue weighted by Crippen LogP contribution is -2.31. The van der Waals surface area contributed by atoms with Crippen molar-refractivity contribution >= 4 is 33.7 Å². The van der Waals surface area contributed by atoms with Crippen LogP contribution in [0.1, 0.15) is 5.56 Å². The third kappa shape index (κ3) is 3.14. The van der Waals surface area contributed by atoms with E-state index < -0.39 is 17.1 Å². The van der Waals surface area contributed by atoms with Gasteiger partial charge in [-0.1, -0.05) is 36.4 Å². The second kappa shape index (κ2) is 6.99. The van der Waals surface area contributed by atoms with E-state index in [0.29, 0.717) is 22.4 Å². The molecule has 2 heterocycles. The summed E-state index contributed by atoms with van der Waals surface area (Å²) in [6.45, 7) is 0. The average molecular weight is 413 g/mol. The van der Waals surface area contributed by atoms with Crippen molar-refractivity contribution in [2.24, 2.45) is 4.99 Å². The van der Waals surface area contributed by atoms with Gasteiger partial charge in [-0.2, -0.15) is 0 Å². The maximum atomic E-state index is 12.5. The Bertz CT molecular complexity index is 1660. The Labute approximate surface area is 173 Å². The average Bonchev–Trinajstić information content (AvgIpc) is 3.13. The van der Waals surface area contributed by atoms with Crippen molar-refractivity contribution in [3.63, 3.8) is 0 Å². The number of benzene rings is 3. The molecule has 0 spiro atoms. The van der Waals surface area contributed by atoms with E-state index in [0.717, 1.165) is 15.3 Å². The molecule has 0 fully saturated rings. The Hall–Kier alpha value is -4.66. The van der Waals surface area contributed by atoms with Gasteiger partial charge in [0.2, 0.25) is 5.88 Å². The number of imidazole rings is 1. The number of aliphatic imine (C=N–C) groups is 1. The van der Waals surface area contributed by atoms with Gasteiger partial charge >= 0.3 is 11.4 Å². The van der Waals surface area contributed by atoms with E-state index in [-0.39, 0.29) is 11.3 Å². The number of nitrogens with zero attached hydrogens (tertiary/aromatic N) is 2. The molecule has 152 valence electrons. The molecule has 9 nitrogen and oxygen atoms in total. The van der Waals surface area contributed by atoms with Crippen molar-refractivity contribution in [2.75, 3.05) is 0 Å². The van der Waals surface area contributed by atoms with Crippen molar-refractivity contribution < 1.29 is 5.11 Å². The fourth-order valence-corrected chi connectivity index (χ4v) is 3.52. The summed E-state index contributed by atoms with van der Waals surface area (Å²) in [5.41, 5.74) is 0.0127. The quantitative estimate of drug-likeness (QED) is 0.337. The first-order valence-electron chi connectivity index (χ1n) is 9.34. The predicted octanol–water partition coefficient (Wildman–Crippen LogP) is 2.30. The molecule has 0 bridgehead atoms. The van der Waals surface area contributed by atoms with Gasteiger partial charge in [-0.3, -0.25) is 14.8 Å². The highest BCUT2D eigenvalue weighted by atomic mass is 16.3. The minimum Gasteiger partial charge on any atom is -0.493 e. The largest absolute Gasteiger partial charge is 0.493 e. The van der Waals surface area contributed by atoms with Crippen molar-refractivity contribution in [3.05, 3.63) is 97.5 Å². The summed E-state index contributed by atoms with van der Waals surface area (Å²) in [4.78, 5) is 48.0. The van der Waals surface area contributed by atoms with Gasteiger partial charge < -0.3 is 15.1 Å². The van der Waals surface area contributed by atoms with Gasteiger partial charge in [-0.25, -0.2) is 14.2 Å². The van der Waals surface area contributed by atoms with Crippen molar-refractivity contribution in [2.45, 2.75) is 0 Å². The third-order valence-corrected chi connectivity index (χ3v) is 4.97. The van der Waals surface area contributed by atoms with Crippen LogP contribution in [0, 0.1) is 0 Å². The number of rotatable bonds is 3. The van der Waals surface area contributed by atoms with E-state index in [1.165, 1.54) is 6.21 Å². The Balaban J connectivity index is 1.66. The third-order valence-electron chi connectivity index (χ3n) is 4.97. The lowest BCUT2D eigenvalue weighted by atomic mass is 10.1. The van der Waals surface area contributed by atoms with Gasteiger partial charge in [-0.05, 0) is 29.7 Å². The highest BCUT2D eigenvalue weighted by Gasteiger charge is 2.16. The van der Waals surface area contributed by atoms with Gasteiger partial charge in [0, 0.05) is 11.6 Å². The van der Waals surface area contributed by atoms with Crippen LogP contribution in [0.15, 0.2) is 80.0 Å². The molecule has 2 aromatic heterocycles. The van der Waals surface area contributed by atoms with E-state index in [4.69, 9.17) is 0 Å². The van der Waals surface area contributed by atoms with Crippen LogP contribution in [0.2, 0.25) is 0 Å². The summed E-state index contributed by atoms with van der Waals surface area (Å²) >= 11 is 0. The molecule has 5 rings (SSSR count). The number of aromatic amines is 3. The molecule has 0 aliphatic heterocycles. The van der Waals surface area contributed by atoms with Gasteiger partial charge in [0.15, 0.2) is 0 Å². The molecule has 0 atom stereocenters. The summed E-state index contributed by atoms with van der Waals surface area (Å²) < 4.78 is 1.04. The first-order valence-corrected chi connectivity index (χ1v) is 9.34. The fourth-order valence-electron chi connectivity index (χ4n) is 3.52. The highest BCUT2D eigenvalue weighted by Crippen LogP contribution is 2.25. The molecular formula is C22H15N5O4. The van der Waals surface area contributed by atoms with Crippen LogP contribution < -0.4 is 16.9 Å². The maximum Gasteiger partial charge on any atom is 0.335 e. The zero-order valence-corrected chi connectivity index (χ0v) is 15.9. The van der Waals surface area contributed by atoms with Crippen LogP contribution >= 0.6 is 0 Å². The van der Waals surface area contributed by atoms with Gasteiger partial charge in [0.05, 0.1) is 22.4 Å². The number of hydrogen-bond acceptors (Lipinski definition) is 5. The molecule has 0 aliphatic carbocycles. The Morgan fingerprint density at radius 2 is 1.65 bits per heavy atom. The topological polar surface area (TPSA) is 136 Å². The Kier molecular flexibility index (Phi) is 4.14. The Morgan fingerprint density at radius 3 is 2.52 bits per heavy atom. The summed E-state index contributed by atoms with van der Waals surface area (Å²) in [7, 11) is 0. The van der Waals surface area contributed by atoms with Crippen LogP contribution in [0.25, 0.3) is 27.5 Å². The lowest BCUT2D eigenvalue weighted by Gasteiger charge is -2.12. The highest BCUT2D eigenvalue weighted by molar-refractivity contribution is 5.91. The van der Waals surface area contributed by atoms with E-state index in [1.807, 2.05) is 30.3 Å². The Morgan fingerprint density at radius 1 is 0.871 bits per heavy atom. The summed E-state index contributed by atoms with van der Waals surface area (Å²) in [5, 5.41) is 12.4. The smallest absolute Gasteiger partial charge is 0.335 e. The molecule has 0 radical (unpaired) electrons. The minimum absolute atomic E-state index is 0.171. The molecule has 4 N–H and O–H groups in total. The number of nitrogens with one attached hydrogen (secondary N) is 3. The lowest BCUT2D eigenvalue weighted by molar-refractivity contribution is 0.430. The van der Waals surface area contributed by atoms with E-state index in [2.05, 4.69) is 19.9 Å². The maximum absolute atomic E-state index is 12.5.